The maximum atomic E-state index is 12.8. The first-order chi connectivity index (χ1) is 17.2. The Bertz CT molecular complexity index is 1190. The van der Waals surface area contributed by atoms with Crippen molar-refractivity contribution in [2.75, 3.05) is 13.6 Å². The van der Waals surface area contributed by atoms with Crippen LogP contribution < -0.4 is 5.32 Å². The number of aliphatic hydroxyl groups is 2. The number of halogens is 2. The number of carbonyl (C=O) groups is 1. The second-order valence-electron chi connectivity index (χ2n) is 9.07. The zero-order chi connectivity index (χ0) is 26.2. The maximum absolute atomic E-state index is 12.8. The first-order valence-electron chi connectivity index (χ1n) is 11.8. The smallest absolute Gasteiger partial charge is 0.227 e. The number of rotatable bonds is 11. The van der Waals surface area contributed by atoms with Crippen molar-refractivity contribution in [3.63, 3.8) is 0 Å². The largest absolute Gasteiger partial charge is 0.508 e. The zero-order valence-corrected chi connectivity index (χ0v) is 21.9. The molecule has 0 spiro atoms. The van der Waals surface area contributed by atoms with Crippen molar-refractivity contribution in [1.82, 2.24) is 10.2 Å². The molecule has 6 nitrogen and oxygen atoms in total. The Hall–Kier alpha value is -2.61. The first kappa shape index (κ1) is 28.0. The number of nitrogens with one attached hydrogen (secondary N) is 1. The van der Waals surface area contributed by atoms with E-state index in [0.717, 1.165) is 23.1 Å². The van der Waals surface area contributed by atoms with Gasteiger partial charge in [0.15, 0.2) is 0 Å². The fourth-order valence-electron chi connectivity index (χ4n) is 3.97. The number of amides is 1. The topological polar surface area (TPSA) is 93.0 Å². The summed E-state index contributed by atoms with van der Waals surface area (Å²) < 4.78 is 0. The molecule has 0 aliphatic heterocycles. The molecule has 0 radical (unpaired) electrons. The van der Waals surface area contributed by atoms with Gasteiger partial charge in [0.2, 0.25) is 5.91 Å². The molecule has 3 rings (SSSR count). The average molecular weight is 531 g/mol. The number of phenols is 1. The highest BCUT2D eigenvalue weighted by Crippen LogP contribution is 2.24. The summed E-state index contributed by atoms with van der Waals surface area (Å²) in [5, 5.41) is 33.8. The monoisotopic (exact) mass is 530 g/mol. The van der Waals surface area contributed by atoms with Crippen LogP contribution in [0.1, 0.15) is 40.8 Å². The van der Waals surface area contributed by atoms with Crippen molar-refractivity contribution < 1.29 is 20.1 Å². The van der Waals surface area contributed by atoms with E-state index in [1.54, 1.807) is 36.2 Å². The fraction of sp³-hybridized carbons (Fsp3) is 0.321. The van der Waals surface area contributed by atoms with Crippen molar-refractivity contribution in [3.8, 4) is 5.75 Å². The van der Waals surface area contributed by atoms with Crippen LogP contribution in [0.3, 0.4) is 0 Å². The Morgan fingerprint density at radius 2 is 1.75 bits per heavy atom. The lowest BCUT2D eigenvalue weighted by Gasteiger charge is -2.19. The third-order valence-electron chi connectivity index (χ3n) is 6.04. The van der Waals surface area contributed by atoms with Gasteiger partial charge in [-0.25, -0.2) is 0 Å². The molecule has 0 fully saturated rings. The summed E-state index contributed by atoms with van der Waals surface area (Å²) >= 11 is 12.1. The van der Waals surface area contributed by atoms with E-state index >= 15 is 0 Å². The lowest BCUT2D eigenvalue weighted by molar-refractivity contribution is -0.129. The highest BCUT2D eigenvalue weighted by atomic mass is 35.5. The predicted molar refractivity (Wildman–Crippen MR) is 143 cm³/mol. The van der Waals surface area contributed by atoms with Gasteiger partial charge in [-0.3, -0.25) is 4.79 Å². The minimum atomic E-state index is -0.770. The molecule has 0 aromatic heterocycles. The van der Waals surface area contributed by atoms with E-state index in [4.69, 9.17) is 23.2 Å². The van der Waals surface area contributed by atoms with E-state index in [0.29, 0.717) is 40.7 Å². The molecule has 8 heteroatoms. The van der Waals surface area contributed by atoms with Crippen LogP contribution in [0.25, 0.3) is 0 Å². The third-order valence-corrected chi connectivity index (χ3v) is 6.78. The summed E-state index contributed by atoms with van der Waals surface area (Å²) in [6.45, 7) is 2.51. The van der Waals surface area contributed by atoms with Crippen molar-refractivity contribution >= 4 is 29.1 Å². The molecule has 0 aliphatic carbocycles. The summed E-state index contributed by atoms with van der Waals surface area (Å²) in [6, 6.07) is 18.1. The predicted octanol–water partition coefficient (Wildman–Crippen LogP) is 4.65. The number of likely N-dealkylation sites (N-methyl/N-ethyl adjacent to an activating group) is 1. The van der Waals surface area contributed by atoms with Crippen LogP contribution in [0.15, 0.2) is 60.7 Å². The van der Waals surface area contributed by atoms with E-state index in [1.165, 1.54) is 6.07 Å². The Kier molecular flexibility index (Phi) is 10.2. The number of hydrogen-bond acceptors (Lipinski definition) is 5. The average Bonchev–Trinajstić information content (AvgIpc) is 2.85. The standard InChI is InChI=1S/C28H32Cl2N2O4/c1-18(31-15-27(35)22-7-9-26(34)23(14-22)17-33)10-19-4-3-5-20(11-19)13-28(36)32(2)16-21-6-8-24(29)25(30)12-21/h3-9,11-12,14,18,27,31,33-35H,10,13,15-17H2,1-2H3/t18-,27+/m1/s1. The van der Waals surface area contributed by atoms with Gasteiger partial charge < -0.3 is 25.5 Å². The first-order valence-corrected chi connectivity index (χ1v) is 12.5. The highest BCUT2D eigenvalue weighted by Gasteiger charge is 2.14. The zero-order valence-electron chi connectivity index (χ0n) is 20.4. The van der Waals surface area contributed by atoms with E-state index in [2.05, 4.69) is 5.32 Å². The molecule has 0 heterocycles. The van der Waals surface area contributed by atoms with Crippen LogP contribution in [0.2, 0.25) is 10.0 Å². The van der Waals surface area contributed by atoms with Crippen LogP contribution in [0.5, 0.6) is 5.75 Å². The SMILES string of the molecule is C[C@H](Cc1cccc(CC(=O)N(C)Cc2ccc(Cl)c(Cl)c2)c1)NC[C@H](O)c1ccc(O)c(CO)c1. The molecule has 0 aliphatic rings. The molecular formula is C28H32Cl2N2O4. The van der Waals surface area contributed by atoms with Crippen LogP contribution in [0, 0.1) is 0 Å². The molecule has 3 aromatic rings. The molecular weight excluding hydrogens is 499 g/mol. The molecule has 0 saturated heterocycles. The lowest BCUT2D eigenvalue weighted by Crippen LogP contribution is -2.32. The molecule has 36 heavy (non-hydrogen) atoms. The molecule has 0 saturated carbocycles. The second-order valence-corrected chi connectivity index (χ2v) is 9.88. The number of hydrogen-bond donors (Lipinski definition) is 4. The van der Waals surface area contributed by atoms with Gasteiger partial charge in [-0.05, 0) is 59.9 Å². The van der Waals surface area contributed by atoms with Crippen molar-refractivity contribution in [2.24, 2.45) is 0 Å². The van der Waals surface area contributed by atoms with Gasteiger partial charge in [0.1, 0.15) is 5.75 Å². The summed E-state index contributed by atoms with van der Waals surface area (Å²) in [7, 11) is 1.77. The van der Waals surface area contributed by atoms with Crippen LogP contribution in [-0.2, 0) is 30.8 Å². The number of aromatic hydroxyl groups is 1. The number of aliphatic hydroxyl groups excluding tert-OH is 2. The summed E-state index contributed by atoms with van der Waals surface area (Å²) in [5.41, 5.74) is 3.95. The van der Waals surface area contributed by atoms with Gasteiger partial charge in [-0.15, -0.1) is 0 Å². The maximum Gasteiger partial charge on any atom is 0.227 e. The van der Waals surface area contributed by atoms with Crippen LogP contribution in [0.4, 0.5) is 0 Å². The number of nitrogens with zero attached hydrogens (tertiary/aromatic N) is 1. The van der Waals surface area contributed by atoms with Crippen molar-refractivity contribution in [1.29, 1.82) is 0 Å². The molecule has 4 N–H and O–H groups in total. The summed E-state index contributed by atoms with van der Waals surface area (Å²) in [4.78, 5) is 14.4. The van der Waals surface area contributed by atoms with Gasteiger partial charge >= 0.3 is 0 Å². The number of benzene rings is 3. The Balaban J connectivity index is 1.51. The second kappa shape index (κ2) is 13.1. The van der Waals surface area contributed by atoms with Crippen LogP contribution >= 0.6 is 23.2 Å². The van der Waals surface area contributed by atoms with Gasteiger partial charge in [0, 0.05) is 31.7 Å². The number of carbonyl (C=O) groups excluding carboxylic acids is 1. The van der Waals surface area contributed by atoms with Crippen molar-refractivity contribution in [2.45, 2.75) is 45.1 Å². The van der Waals surface area contributed by atoms with Gasteiger partial charge in [0.05, 0.1) is 29.2 Å². The van der Waals surface area contributed by atoms with E-state index in [1.807, 2.05) is 37.3 Å². The molecule has 192 valence electrons. The van der Waals surface area contributed by atoms with E-state index < -0.39 is 6.10 Å². The fourth-order valence-corrected chi connectivity index (χ4v) is 4.29. The molecule has 3 aromatic carbocycles. The Morgan fingerprint density at radius 1 is 1.00 bits per heavy atom. The molecule has 1 amide bonds. The minimum absolute atomic E-state index is 0.00339. The molecule has 2 atom stereocenters. The Labute approximate surface area is 222 Å². The molecule has 0 unspecified atom stereocenters. The highest BCUT2D eigenvalue weighted by molar-refractivity contribution is 6.42. The normalized spacial score (nSPS) is 12.8. The lowest BCUT2D eigenvalue weighted by atomic mass is 10.0. The summed E-state index contributed by atoms with van der Waals surface area (Å²) in [5.74, 6) is 0.0115. The van der Waals surface area contributed by atoms with Gasteiger partial charge in [-0.1, -0.05) is 59.6 Å². The summed E-state index contributed by atoms with van der Waals surface area (Å²) in [6.07, 6.45) is 0.249. The minimum Gasteiger partial charge on any atom is -0.508 e. The molecule has 0 bridgehead atoms. The Morgan fingerprint density at radius 3 is 2.47 bits per heavy atom. The van der Waals surface area contributed by atoms with Crippen LogP contribution in [-0.4, -0.2) is 45.8 Å². The quantitative estimate of drug-likeness (QED) is 0.289. The van der Waals surface area contributed by atoms with E-state index in [-0.39, 0.29) is 24.3 Å². The van der Waals surface area contributed by atoms with Gasteiger partial charge in [0.25, 0.3) is 0 Å². The van der Waals surface area contributed by atoms with Crippen molar-refractivity contribution in [3.05, 3.63) is 98.5 Å². The van der Waals surface area contributed by atoms with Gasteiger partial charge in [-0.2, -0.15) is 0 Å². The van der Waals surface area contributed by atoms with E-state index in [9.17, 15) is 20.1 Å². The third kappa shape index (κ3) is 7.95.